The van der Waals surface area contributed by atoms with E-state index in [-0.39, 0.29) is 0 Å². The topological polar surface area (TPSA) is 74.1 Å². The smallest absolute Gasteiger partial charge is 0.134 e. The maximum absolute atomic E-state index is 8.73. The minimum absolute atomic E-state index is 0.462. The predicted octanol–water partition coefficient (Wildman–Crippen LogP) is 1.58. The predicted molar refractivity (Wildman–Crippen MR) is 75.3 cm³/mol. The summed E-state index contributed by atoms with van der Waals surface area (Å²) in [6.45, 7) is 6.65. The number of hydrogen-bond acceptors (Lipinski definition) is 6. The lowest BCUT2D eigenvalue weighted by Gasteiger charge is -2.23. The molecule has 0 bridgehead atoms. The highest BCUT2D eigenvalue weighted by Crippen LogP contribution is 2.16. The second-order valence-electron chi connectivity index (χ2n) is 4.08. The normalized spacial score (nSPS) is 10.0. The average molecular weight is 263 g/mol. The van der Waals surface area contributed by atoms with Gasteiger partial charge in [0.25, 0.3) is 0 Å². The molecule has 0 aliphatic rings. The fraction of sp³-hybridized carbons (Fsp3) is 0.615. The summed E-state index contributed by atoms with van der Waals surface area (Å²) < 4.78 is 5.10. The molecule has 1 aromatic heterocycles. The molecular weight excluding hydrogens is 242 g/mol. The summed E-state index contributed by atoms with van der Waals surface area (Å²) in [5.74, 6) is 2.35. The maximum atomic E-state index is 8.73. The molecule has 0 amide bonds. The lowest BCUT2D eigenvalue weighted by molar-refractivity contribution is 0.205. The van der Waals surface area contributed by atoms with Gasteiger partial charge in [-0.15, -0.1) is 0 Å². The molecule has 0 aromatic carbocycles. The van der Waals surface area contributed by atoms with Crippen molar-refractivity contribution in [3.63, 3.8) is 0 Å². The van der Waals surface area contributed by atoms with Crippen LogP contribution in [0.1, 0.15) is 19.2 Å². The second kappa shape index (κ2) is 8.27. The van der Waals surface area contributed by atoms with Crippen molar-refractivity contribution in [3.05, 3.63) is 11.9 Å². The maximum Gasteiger partial charge on any atom is 0.134 e. The zero-order chi connectivity index (χ0) is 14.1. The third-order valence-electron chi connectivity index (χ3n) is 2.57. The molecule has 0 aliphatic carbocycles. The summed E-state index contributed by atoms with van der Waals surface area (Å²) in [5, 5.41) is 11.9. The summed E-state index contributed by atoms with van der Waals surface area (Å²) in [7, 11) is 1.66. The van der Waals surface area contributed by atoms with Gasteiger partial charge in [-0.25, -0.2) is 9.97 Å². The molecule has 1 rings (SSSR count). The Balaban J connectivity index is 2.89. The van der Waals surface area contributed by atoms with Crippen molar-refractivity contribution in [3.8, 4) is 6.07 Å². The third-order valence-corrected chi connectivity index (χ3v) is 2.57. The molecule has 104 valence electrons. The van der Waals surface area contributed by atoms with Gasteiger partial charge < -0.3 is 15.0 Å². The van der Waals surface area contributed by atoms with Crippen LogP contribution in [-0.2, 0) is 4.74 Å². The van der Waals surface area contributed by atoms with E-state index in [2.05, 4.69) is 21.4 Å². The molecule has 0 spiro atoms. The molecular formula is C13H21N5O. The van der Waals surface area contributed by atoms with E-state index in [0.29, 0.717) is 31.9 Å². The molecule has 1 aromatic rings. The van der Waals surface area contributed by atoms with Crippen molar-refractivity contribution in [2.24, 2.45) is 0 Å². The Morgan fingerprint density at radius 1 is 1.42 bits per heavy atom. The Morgan fingerprint density at radius 3 is 2.84 bits per heavy atom. The number of nitrogens with zero attached hydrogens (tertiary/aromatic N) is 4. The van der Waals surface area contributed by atoms with Gasteiger partial charge in [0, 0.05) is 32.8 Å². The van der Waals surface area contributed by atoms with E-state index in [0.717, 1.165) is 18.2 Å². The highest BCUT2D eigenvalue weighted by Gasteiger charge is 2.10. The summed E-state index contributed by atoms with van der Waals surface area (Å²) in [6.07, 6.45) is 0.462. The second-order valence-corrected chi connectivity index (χ2v) is 4.08. The van der Waals surface area contributed by atoms with Crippen LogP contribution in [-0.4, -0.2) is 43.3 Å². The van der Waals surface area contributed by atoms with Gasteiger partial charge in [0.2, 0.25) is 0 Å². The number of rotatable bonds is 8. The largest absolute Gasteiger partial charge is 0.383 e. The lowest BCUT2D eigenvalue weighted by Crippen LogP contribution is -2.29. The molecule has 0 radical (unpaired) electrons. The van der Waals surface area contributed by atoms with Crippen molar-refractivity contribution >= 4 is 11.6 Å². The molecule has 1 N–H and O–H groups in total. The number of nitrogens with one attached hydrogen (secondary N) is 1. The number of methoxy groups -OCH3 is 1. The van der Waals surface area contributed by atoms with Gasteiger partial charge in [-0.3, -0.25) is 0 Å². The van der Waals surface area contributed by atoms with Gasteiger partial charge >= 0.3 is 0 Å². The highest BCUT2D eigenvalue weighted by atomic mass is 16.5. The van der Waals surface area contributed by atoms with Crippen molar-refractivity contribution in [2.75, 3.05) is 43.6 Å². The molecule has 0 unspecified atom stereocenters. The first-order valence-corrected chi connectivity index (χ1v) is 6.41. The van der Waals surface area contributed by atoms with Crippen LogP contribution in [0.5, 0.6) is 0 Å². The molecule has 0 saturated heterocycles. The first kappa shape index (κ1) is 15.2. The van der Waals surface area contributed by atoms with E-state index >= 15 is 0 Å². The lowest BCUT2D eigenvalue weighted by atomic mass is 10.3. The van der Waals surface area contributed by atoms with Gasteiger partial charge in [-0.05, 0) is 13.8 Å². The summed E-state index contributed by atoms with van der Waals surface area (Å²) in [4.78, 5) is 10.8. The van der Waals surface area contributed by atoms with Gasteiger partial charge in [0.1, 0.15) is 17.5 Å². The van der Waals surface area contributed by atoms with Crippen molar-refractivity contribution in [1.82, 2.24) is 9.97 Å². The first-order valence-electron chi connectivity index (χ1n) is 6.41. The number of ether oxygens (including phenoxy) is 1. The monoisotopic (exact) mass is 263 g/mol. The van der Waals surface area contributed by atoms with E-state index in [9.17, 15) is 0 Å². The fourth-order valence-corrected chi connectivity index (χ4v) is 1.71. The molecule has 1 heterocycles. The first-order chi connectivity index (χ1) is 9.21. The van der Waals surface area contributed by atoms with E-state index in [1.54, 1.807) is 7.11 Å². The zero-order valence-corrected chi connectivity index (χ0v) is 11.8. The molecule has 6 nitrogen and oxygen atoms in total. The molecule has 19 heavy (non-hydrogen) atoms. The molecule has 6 heteroatoms. The standard InChI is InChI=1S/C13H21N5O/c1-4-15-12-10-13(17-11(2)16-12)18(7-5-6-14)8-9-19-3/h10H,4-5,7-9H2,1-3H3,(H,15,16,17). The highest BCUT2D eigenvalue weighted by molar-refractivity contribution is 5.49. The number of anilines is 2. The molecule has 0 atom stereocenters. The van der Waals surface area contributed by atoms with Crippen LogP contribution in [0.4, 0.5) is 11.6 Å². The van der Waals surface area contributed by atoms with E-state index in [1.165, 1.54) is 0 Å². The minimum Gasteiger partial charge on any atom is -0.383 e. The van der Waals surface area contributed by atoms with Crippen molar-refractivity contribution in [1.29, 1.82) is 5.26 Å². The fourth-order valence-electron chi connectivity index (χ4n) is 1.71. The van der Waals surface area contributed by atoms with Crippen LogP contribution < -0.4 is 10.2 Å². The van der Waals surface area contributed by atoms with Gasteiger partial charge in [0.15, 0.2) is 0 Å². The Bertz CT molecular complexity index is 430. The number of nitriles is 1. The summed E-state index contributed by atoms with van der Waals surface area (Å²) in [5.41, 5.74) is 0. The van der Waals surface area contributed by atoms with Gasteiger partial charge in [-0.2, -0.15) is 5.26 Å². The quantitative estimate of drug-likeness (QED) is 0.767. The average Bonchev–Trinajstić information content (AvgIpc) is 2.38. The Hall–Kier alpha value is -1.87. The van der Waals surface area contributed by atoms with E-state index in [1.807, 2.05) is 24.8 Å². The number of hydrogen-bond donors (Lipinski definition) is 1. The Labute approximate surface area is 114 Å². The number of aromatic nitrogens is 2. The minimum atomic E-state index is 0.462. The summed E-state index contributed by atoms with van der Waals surface area (Å²) in [6, 6.07) is 4.06. The van der Waals surface area contributed by atoms with Gasteiger partial charge in [-0.1, -0.05) is 0 Å². The molecule has 0 aliphatic heterocycles. The number of aryl methyl sites for hydroxylation is 1. The van der Waals surface area contributed by atoms with Crippen molar-refractivity contribution in [2.45, 2.75) is 20.3 Å². The van der Waals surface area contributed by atoms with Crippen LogP contribution in [0.25, 0.3) is 0 Å². The van der Waals surface area contributed by atoms with Crippen LogP contribution >= 0.6 is 0 Å². The summed E-state index contributed by atoms with van der Waals surface area (Å²) >= 11 is 0. The van der Waals surface area contributed by atoms with Crippen LogP contribution in [0.2, 0.25) is 0 Å². The van der Waals surface area contributed by atoms with Crippen LogP contribution in [0, 0.1) is 18.3 Å². The Kier molecular flexibility index (Phi) is 6.61. The molecule has 0 saturated carbocycles. The van der Waals surface area contributed by atoms with Crippen LogP contribution in [0.3, 0.4) is 0 Å². The van der Waals surface area contributed by atoms with E-state index in [4.69, 9.17) is 10.00 Å². The van der Waals surface area contributed by atoms with Crippen molar-refractivity contribution < 1.29 is 4.74 Å². The molecule has 0 fully saturated rings. The zero-order valence-electron chi connectivity index (χ0n) is 11.8. The SMILES string of the molecule is CCNc1cc(N(CCC#N)CCOC)nc(C)n1. The third kappa shape index (κ3) is 5.10. The van der Waals surface area contributed by atoms with E-state index < -0.39 is 0 Å². The Morgan fingerprint density at radius 2 is 2.21 bits per heavy atom. The van der Waals surface area contributed by atoms with Crippen LogP contribution in [0.15, 0.2) is 6.07 Å². The van der Waals surface area contributed by atoms with Gasteiger partial charge in [0.05, 0.1) is 19.1 Å².